The third-order valence-corrected chi connectivity index (χ3v) is 7.44. The van der Waals surface area contributed by atoms with Crippen LogP contribution in [0.3, 0.4) is 0 Å². The number of rotatable bonds is 8. The van der Waals surface area contributed by atoms with Crippen molar-refractivity contribution in [2.24, 2.45) is 0 Å². The van der Waals surface area contributed by atoms with E-state index in [0.29, 0.717) is 18.8 Å². The minimum Gasteiger partial charge on any atom is -0.484 e. The number of anilines is 1. The number of benzene rings is 3. The molecule has 3 aromatic rings. The molecule has 0 aromatic heterocycles. The van der Waals surface area contributed by atoms with Gasteiger partial charge in [-0.2, -0.15) is 0 Å². The zero-order valence-corrected chi connectivity index (χ0v) is 19.9. The summed E-state index contributed by atoms with van der Waals surface area (Å²) in [6, 6.07) is 25.3. The largest absolute Gasteiger partial charge is 0.484 e. The summed E-state index contributed by atoms with van der Waals surface area (Å²) < 4.78 is 33.7. The van der Waals surface area contributed by atoms with Crippen LogP contribution in [0, 0.1) is 0 Å². The van der Waals surface area contributed by atoms with Crippen LogP contribution in [0.2, 0.25) is 0 Å². The van der Waals surface area contributed by atoms with Gasteiger partial charge < -0.3 is 14.5 Å². The van der Waals surface area contributed by atoms with Gasteiger partial charge in [-0.15, -0.1) is 0 Å². The fourth-order valence-electron chi connectivity index (χ4n) is 3.91. The Bertz CT molecular complexity index is 1180. The van der Waals surface area contributed by atoms with E-state index >= 15 is 0 Å². The summed E-state index contributed by atoms with van der Waals surface area (Å²) in [4.78, 5) is 16.8. The molecule has 3 aromatic carbocycles. The highest BCUT2D eigenvalue weighted by atomic mass is 32.2. The first-order valence-corrected chi connectivity index (χ1v) is 12.8. The highest BCUT2D eigenvalue weighted by Crippen LogP contribution is 2.20. The molecule has 1 heterocycles. The zero-order valence-electron chi connectivity index (χ0n) is 19.1. The maximum absolute atomic E-state index is 12.7. The van der Waals surface area contributed by atoms with Crippen molar-refractivity contribution >= 4 is 21.6 Å². The van der Waals surface area contributed by atoms with E-state index in [1.807, 2.05) is 48.5 Å². The molecule has 1 aliphatic rings. The van der Waals surface area contributed by atoms with Crippen molar-refractivity contribution in [2.75, 3.05) is 37.7 Å². The molecule has 0 radical (unpaired) electrons. The van der Waals surface area contributed by atoms with Crippen LogP contribution in [0.1, 0.15) is 18.5 Å². The molecule has 178 valence electrons. The monoisotopic (exact) mass is 479 g/mol. The SMILES string of the molecule is CC(NS(=O)(=O)c1ccc(OCC(=O)N2CCN(c3ccccc3)CC2)cc1)c1ccccc1. The van der Waals surface area contributed by atoms with Gasteiger partial charge in [-0.25, -0.2) is 13.1 Å². The Balaban J connectivity index is 1.27. The Labute approximate surface area is 201 Å². The van der Waals surface area contributed by atoms with E-state index in [9.17, 15) is 13.2 Å². The minimum atomic E-state index is -3.69. The van der Waals surface area contributed by atoms with Gasteiger partial charge in [0.2, 0.25) is 10.0 Å². The highest BCUT2D eigenvalue weighted by molar-refractivity contribution is 7.89. The van der Waals surface area contributed by atoms with Gasteiger partial charge in [-0.1, -0.05) is 48.5 Å². The summed E-state index contributed by atoms with van der Waals surface area (Å²) in [6.45, 7) is 4.54. The molecule has 7 nitrogen and oxygen atoms in total. The third-order valence-electron chi connectivity index (χ3n) is 5.88. The van der Waals surface area contributed by atoms with E-state index in [0.717, 1.165) is 24.3 Å². The van der Waals surface area contributed by atoms with Gasteiger partial charge in [-0.3, -0.25) is 4.79 Å². The Morgan fingerprint density at radius 3 is 2.09 bits per heavy atom. The summed E-state index contributed by atoms with van der Waals surface area (Å²) in [5, 5.41) is 0. The van der Waals surface area contributed by atoms with Crippen molar-refractivity contribution in [1.29, 1.82) is 0 Å². The molecule has 34 heavy (non-hydrogen) atoms. The molecule has 1 N–H and O–H groups in total. The molecule has 1 saturated heterocycles. The van der Waals surface area contributed by atoms with Gasteiger partial charge >= 0.3 is 0 Å². The first-order valence-electron chi connectivity index (χ1n) is 11.3. The van der Waals surface area contributed by atoms with Gasteiger partial charge in [0, 0.05) is 37.9 Å². The van der Waals surface area contributed by atoms with Crippen LogP contribution in [0.4, 0.5) is 5.69 Å². The molecule has 0 aliphatic carbocycles. The molecule has 4 rings (SSSR count). The number of para-hydroxylation sites is 1. The first-order chi connectivity index (χ1) is 16.4. The Morgan fingerprint density at radius 2 is 1.47 bits per heavy atom. The van der Waals surface area contributed by atoms with Crippen molar-refractivity contribution < 1.29 is 17.9 Å². The van der Waals surface area contributed by atoms with Crippen LogP contribution < -0.4 is 14.4 Å². The normalized spacial score (nSPS) is 15.1. The van der Waals surface area contributed by atoms with Gasteiger partial charge in [0.05, 0.1) is 4.90 Å². The van der Waals surface area contributed by atoms with E-state index in [-0.39, 0.29) is 23.5 Å². The van der Waals surface area contributed by atoms with Crippen molar-refractivity contribution in [1.82, 2.24) is 9.62 Å². The van der Waals surface area contributed by atoms with E-state index in [2.05, 4.69) is 21.8 Å². The summed E-state index contributed by atoms with van der Waals surface area (Å²) in [5.74, 6) is 0.370. The van der Waals surface area contributed by atoms with Crippen LogP contribution in [0.25, 0.3) is 0 Å². The second-order valence-corrected chi connectivity index (χ2v) is 9.93. The lowest BCUT2D eigenvalue weighted by Gasteiger charge is -2.36. The smallest absolute Gasteiger partial charge is 0.260 e. The molecule has 0 saturated carbocycles. The Morgan fingerprint density at radius 1 is 0.882 bits per heavy atom. The molecule has 1 aliphatic heterocycles. The molecular formula is C26H29N3O4S. The quantitative estimate of drug-likeness (QED) is 0.535. The second-order valence-electron chi connectivity index (χ2n) is 8.22. The van der Waals surface area contributed by atoms with Crippen LogP contribution in [0.15, 0.2) is 89.8 Å². The number of amides is 1. The Kier molecular flexibility index (Phi) is 7.49. The topological polar surface area (TPSA) is 78.9 Å². The zero-order chi connectivity index (χ0) is 24.0. The molecule has 1 fully saturated rings. The van der Waals surface area contributed by atoms with E-state index < -0.39 is 10.0 Å². The number of nitrogens with one attached hydrogen (secondary N) is 1. The summed E-state index contributed by atoms with van der Waals surface area (Å²) >= 11 is 0. The van der Waals surface area contributed by atoms with Crippen LogP contribution in [0.5, 0.6) is 5.75 Å². The van der Waals surface area contributed by atoms with E-state index in [1.165, 1.54) is 12.1 Å². The van der Waals surface area contributed by atoms with Crippen molar-refractivity contribution in [2.45, 2.75) is 17.9 Å². The number of sulfonamides is 1. The van der Waals surface area contributed by atoms with E-state index in [1.54, 1.807) is 24.0 Å². The molecular weight excluding hydrogens is 450 g/mol. The highest BCUT2D eigenvalue weighted by Gasteiger charge is 2.22. The van der Waals surface area contributed by atoms with Crippen LogP contribution >= 0.6 is 0 Å². The number of hydrogen-bond donors (Lipinski definition) is 1. The average Bonchev–Trinajstić information content (AvgIpc) is 2.88. The number of carbonyl (C=O) groups is 1. The fourth-order valence-corrected chi connectivity index (χ4v) is 5.15. The standard InChI is InChI=1S/C26H29N3O4S/c1-21(22-8-4-2-5-9-22)27-34(31,32)25-14-12-24(13-15-25)33-20-26(30)29-18-16-28(17-19-29)23-10-6-3-7-11-23/h2-15,21,27H,16-20H2,1H3. The maximum atomic E-state index is 12.7. The number of carbonyl (C=O) groups excluding carboxylic acids is 1. The second kappa shape index (κ2) is 10.7. The minimum absolute atomic E-state index is 0.0808. The summed E-state index contributed by atoms with van der Waals surface area (Å²) in [6.07, 6.45) is 0. The average molecular weight is 480 g/mol. The summed E-state index contributed by atoms with van der Waals surface area (Å²) in [5.41, 5.74) is 2.04. The predicted octanol–water partition coefficient (Wildman–Crippen LogP) is 3.45. The lowest BCUT2D eigenvalue weighted by Crippen LogP contribution is -2.50. The number of ether oxygens (including phenoxy) is 1. The molecule has 0 spiro atoms. The van der Waals surface area contributed by atoms with Gasteiger partial charge in [0.1, 0.15) is 5.75 Å². The number of hydrogen-bond acceptors (Lipinski definition) is 5. The fraction of sp³-hybridized carbons (Fsp3) is 0.269. The summed E-state index contributed by atoms with van der Waals surface area (Å²) in [7, 11) is -3.69. The first kappa shape index (κ1) is 23.8. The van der Waals surface area contributed by atoms with Crippen LogP contribution in [-0.2, 0) is 14.8 Å². The lowest BCUT2D eigenvalue weighted by atomic mass is 10.1. The molecule has 1 amide bonds. The Hall–Kier alpha value is -3.36. The maximum Gasteiger partial charge on any atom is 0.260 e. The van der Waals surface area contributed by atoms with E-state index in [4.69, 9.17) is 4.74 Å². The third kappa shape index (κ3) is 5.95. The van der Waals surface area contributed by atoms with Crippen molar-refractivity contribution in [3.05, 3.63) is 90.5 Å². The molecule has 1 atom stereocenters. The molecule has 1 unspecified atom stereocenters. The predicted molar refractivity (Wildman–Crippen MR) is 132 cm³/mol. The molecule has 8 heteroatoms. The van der Waals surface area contributed by atoms with Gasteiger partial charge in [0.15, 0.2) is 6.61 Å². The van der Waals surface area contributed by atoms with Gasteiger partial charge in [-0.05, 0) is 48.9 Å². The van der Waals surface area contributed by atoms with Gasteiger partial charge in [0.25, 0.3) is 5.91 Å². The lowest BCUT2D eigenvalue weighted by molar-refractivity contribution is -0.133. The number of nitrogens with zero attached hydrogens (tertiary/aromatic N) is 2. The van der Waals surface area contributed by atoms with Crippen molar-refractivity contribution in [3.63, 3.8) is 0 Å². The number of piperazine rings is 1. The van der Waals surface area contributed by atoms with Crippen molar-refractivity contribution in [3.8, 4) is 5.75 Å². The molecule has 0 bridgehead atoms. The van der Waals surface area contributed by atoms with Crippen LogP contribution in [-0.4, -0.2) is 52.0 Å².